The van der Waals surface area contributed by atoms with Crippen LogP contribution in [0, 0.1) is 0 Å². The second-order valence-corrected chi connectivity index (χ2v) is 19.1. The van der Waals surface area contributed by atoms with Crippen LogP contribution >= 0.6 is 0 Å². The minimum Gasteiger partial charge on any atom is -0.462 e. The number of allylic oxidation sites excluding steroid dienone is 8. The van der Waals surface area contributed by atoms with Gasteiger partial charge in [0.1, 0.15) is 6.10 Å². The molecule has 1 amide bonds. The van der Waals surface area contributed by atoms with Crippen LogP contribution < -0.4 is 5.32 Å². The third-order valence-electron chi connectivity index (χ3n) is 12.8. The van der Waals surface area contributed by atoms with E-state index in [9.17, 15) is 19.8 Å². The van der Waals surface area contributed by atoms with Crippen molar-refractivity contribution in [3.63, 3.8) is 0 Å². The number of carbonyl (C=O) groups is 2. The van der Waals surface area contributed by atoms with Crippen LogP contribution in [0.4, 0.5) is 0 Å². The summed E-state index contributed by atoms with van der Waals surface area (Å²) in [5.41, 5.74) is 0. The monoisotopic (exact) mass is 898 g/mol. The fourth-order valence-corrected chi connectivity index (χ4v) is 8.50. The lowest BCUT2D eigenvalue weighted by molar-refractivity contribution is -0.151. The van der Waals surface area contributed by atoms with Crippen LogP contribution in [0.1, 0.15) is 284 Å². The number of ether oxygens (including phenoxy) is 1. The highest BCUT2D eigenvalue weighted by Gasteiger charge is 2.24. The van der Waals surface area contributed by atoms with E-state index in [0.29, 0.717) is 19.3 Å². The molecular weight excluding hydrogens is 791 g/mol. The molecule has 0 aliphatic heterocycles. The molecule has 0 aromatic rings. The number of hydrogen-bond donors (Lipinski definition) is 3. The van der Waals surface area contributed by atoms with Crippen LogP contribution in [0.5, 0.6) is 0 Å². The summed E-state index contributed by atoms with van der Waals surface area (Å²) in [7, 11) is 0. The first-order valence-corrected chi connectivity index (χ1v) is 27.9. The molecule has 0 radical (unpaired) electrons. The maximum Gasteiger partial charge on any atom is 0.306 e. The lowest BCUT2D eigenvalue weighted by Crippen LogP contribution is -2.46. The third kappa shape index (κ3) is 46.4. The van der Waals surface area contributed by atoms with Gasteiger partial charge in [-0.05, 0) is 51.4 Å². The predicted molar refractivity (Wildman–Crippen MR) is 278 cm³/mol. The number of hydrogen-bond acceptors (Lipinski definition) is 5. The molecule has 0 heterocycles. The highest BCUT2D eigenvalue weighted by molar-refractivity contribution is 5.77. The fraction of sp³-hybridized carbons (Fsp3) is 0.828. The number of esters is 1. The van der Waals surface area contributed by atoms with Gasteiger partial charge in [-0.15, -0.1) is 0 Å². The van der Waals surface area contributed by atoms with E-state index in [0.717, 1.165) is 70.6 Å². The first kappa shape index (κ1) is 61.8. The third-order valence-corrected chi connectivity index (χ3v) is 12.8. The molecule has 6 heteroatoms. The summed E-state index contributed by atoms with van der Waals surface area (Å²) in [5.74, 6) is -0.501. The molecule has 0 saturated carbocycles. The molecule has 0 aromatic heterocycles. The molecule has 0 rings (SSSR count). The molecule has 3 atom stereocenters. The molecule has 0 bridgehead atoms. The van der Waals surface area contributed by atoms with E-state index < -0.39 is 18.2 Å². The Bertz CT molecular complexity index is 1100. The lowest BCUT2D eigenvalue weighted by atomic mass is 10.0. The number of nitrogens with one attached hydrogen (secondary N) is 1. The average Bonchev–Trinajstić information content (AvgIpc) is 3.29. The van der Waals surface area contributed by atoms with E-state index in [2.05, 4.69) is 74.7 Å². The Labute approximate surface area is 397 Å². The summed E-state index contributed by atoms with van der Waals surface area (Å²) in [6.07, 6.45) is 63.1. The first-order valence-electron chi connectivity index (χ1n) is 27.9. The zero-order chi connectivity index (χ0) is 46.7. The molecule has 3 unspecified atom stereocenters. The summed E-state index contributed by atoms with van der Waals surface area (Å²) in [5, 5.41) is 23.8. The maximum atomic E-state index is 13.2. The fourth-order valence-electron chi connectivity index (χ4n) is 8.50. The number of aliphatic hydroxyl groups excluding tert-OH is 2. The Morgan fingerprint density at radius 3 is 1.23 bits per heavy atom. The van der Waals surface area contributed by atoms with Gasteiger partial charge in [0, 0.05) is 6.42 Å². The normalized spacial score (nSPS) is 13.5. The lowest BCUT2D eigenvalue weighted by Gasteiger charge is -2.24. The molecule has 64 heavy (non-hydrogen) atoms. The topological polar surface area (TPSA) is 95.9 Å². The van der Waals surface area contributed by atoms with Crippen molar-refractivity contribution in [1.82, 2.24) is 5.32 Å². The zero-order valence-electron chi connectivity index (χ0n) is 42.7. The number of rotatable bonds is 50. The van der Waals surface area contributed by atoms with Gasteiger partial charge >= 0.3 is 5.97 Å². The summed E-state index contributed by atoms with van der Waals surface area (Å²) in [6.45, 7) is 6.46. The van der Waals surface area contributed by atoms with Gasteiger partial charge in [-0.25, -0.2) is 0 Å². The van der Waals surface area contributed by atoms with Crippen molar-refractivity contribution in [3.8, 4) is 0 Å². The van der Waals surface area contributed by atoms with Gasteiger partial charge < -0.3 is 20.3 Å². The number of amides is 1. The Morgan fingerprint density at radius 2 is 0.797 bits per heavy atom. The van der Waals surface area contributed by atoms with Gasteiger partial charge in [0.25, 0.3) is 0 Å². The van der Waals surface area contributed by atoms with E-state index in [-0.39, 0.29) is 24.9 Å². The summed E-state index contributed by atoms with van der Waals surface area (Å²) < 4.78 is 5.94. The maximum absolute atomic E-state index is 13.2. The molecule has 0 saturated heterocycles. The van der Waals surface area contributed by atoms with Crippen molar-refractivity contribution in [2.45, 2.75) is 302 Å². The van der Waals surface area contributed by atoms with Crippen molar-refractivity contribution in [2.24, 2.45) is 0 Å². The number of carbonyl (C=O) groups excluding carboxylic acids is 2. The SMILES string of the molecule is CCCCC/C=C/C=C/C=C/C=C/CCCCCC(CC(=O)NC(CO)C(O)CCCCCCCCCCCCCCCCC)OC(=O)CCCCCCCCCCCCCCCC. The van der Waals surface area contributed by atoms with Crippen LogP contribution in [0.3, 0.4) is 0 Å². The van der Waals surface area contributed by atoms with E-state index in [1.165, 1.54) is 167 Å². The van der Waals surface area contributed by atoms with Gasteiger partial charge in [-0.3, -0.25) is 9.59 Å². The highest BCUT2D eigenvalue weighted by atomic mass is 16.5. The van der Waals surface area contributed by atoms with Crippen molar-refractivity contribution in [1.29, 1.82) is 0 Å². The standard InChI is InChI=1S/C58H107NO5/c1-4-7-10-13-16-19-22-25-28-30-31-34-37-40-43-46-49-54(64-58(63)51-48-45-42-39-36-33-27-24-21-18-15-12-9-6-3)52-57(62)59-55(53-60)56(61)50-47-44-41-38-35-32-29-26-23-20-17-14-11-8-5-2/h16,19,22,25,28,30-31,34,54-56,60-61H,4-15,17-18,20-21,23-24,26-27,29,32-33,35-53H2,1-3H3,(H,59,62)/b19-16+,25-22+,30-28+,34-31+. The van der Waals surface area contributed by atoms with Crippen LogP contribution in [-0.2, 0) is 14.3 Å². The molecule has 0 aromatic carbocycles. The van der Waals surface area contributed by atoms with E-state index in [1.807, 2.05) is 0 Å². The average molecular weight is 898 g/mol. The number of aliphatic hydroxyl groups is 2. The van der Waals surface area contributed by atoms with Gasteiger partial charge in [0.15, 0.2) is 0 Å². The molecule has 3 N–H and O–H groups in total. The quantitative estimate of drug-likeness (QED) is 0.0321. The van der Waals surface area contributed by atoms with Crippen LogP contribution in [0.15, 0.2) is 48.6 Å². The minimum absolute atomic E-state index is 0.0544. The summed E-state index contributed by atoms with van der Waals surface area (Å²) in [4.78, 5) is 26.2. The Hall–Kier alpha value is -2.18. The largest absolute Gasteiger partial charge is 0.462 e. The predicted octanol–water partition coefficient (Wildman–Crippen LogP) is 17.0. The second-order valence-electron chi connectivity index (χ2n) is 19.1. The van der Waals surface area contributed by atoms with Gasteiger partial charge in [0.2, 0.25) is 5.91 Å². The Kier molecular flexibility index (Phi) is 50.0. The van der Waals surface area contributed by atoms with E-state index in [4.69, 9.17) is 4.74 Å². The van der Waals surface area contributed by atoms with Gasteiger partial charge in [0.05, 0.1) is 25.2 Å². The summed E-state index contributed by atoms with van der Waals surface area (Å²) in [6, 6.07) is -0.714. The van der Waals surface area contributed by atoms with Crippen molar-refractivity contribution >= 4 is 11.9 Å². The Morgan fingerprint density at radius 1 is 0.453 bits per heavy atom. The number of unbranched alkanes of at least 4 members (excludes halogenated alkanes) is 33. The van der Waals surface area contributed by atoms with Crippen molar-refractivity contribution in [3.05, 3.63) is 48.6 Å². The van der Waals surface area contributed by atoms with Crippen LogP contribution in [0.25, 0.3) is 0 Å². The summed E-state index contributed by atoms with van der Waals surface area (Å²) >= 11 is 0. The van der Waals surface area contributed by atoms with E-state index >= 15 is 0 Å². The molecule has 374 valence electrons. The smallest absolute Gasteiger partial charge is 0.306 e. The van der Waals surface area contributed by atoms with Crippen molar-refractivity contribution in [2.75, 3.05) is 6.61 Å². The van der Waals surface area contributed by atoms with Gasteiger partial charge in [-0.2, -0.15) is 0 Å². The molecule has 6 nitrogen and oxygen atoms in total. The molecule has 0 fully saturated rings. The van der Waals surface area contributed by atoms with Crippen LogP contribution in [-0.4, -0.2) is 46.9 Å². The molecular formula is C58H107NO5. The minimum atomic E-state index is -0.798. The first-order chi connectivity index (χ1) is 31.5. The molecule has 0 spiro atoms. The second kappa shape index (κ2) is 51.8. The molecule has 0 aliphatic rings. The highest BCUT2D eigenvalue weighted by Crippen LogP contribution is 2.18. The van der Waals surface area contributed by atoms with E-state index in [1.54, 1.807) is 0 Å². The molecule has 0 aliphatic carbocycles. The van der Waals surface area contributed by atoms with Crippen molar-refractivity contribution < 1.29 is 24.5 Å². The zero-order valence-corrected chi connectivity index (χ0v) is 42.7. The van der Waals surface area contributed by atoms with Gasteiger partial charge in [-0.1, -0.05) is 268 Å². The van der Waals surface area contributed by atoms with Crippen LogP contribution in [0.2, 0.25) is 0 Å². The Balaban J connectivity index is 4.62.